The van der Waals surface area contributed by atoms with E-state index < -0.39 is 0 Å². The van der Waals surface area contributed by atoms with E-state index in [-0.39, 0.29) is 0 Å². The van der Waals surface area contributed by atoms with Crippen molar-refractivity contribution in [3.63, 3.8) is 0 Å². The lowest BCUT2D eigenvalue weighted by Gasteiger charge is -2.09. The smallest absolute Gasteiger partial charge is 0.0524 e. The first-order valence-corrected chi connectivity index (χ1v) is 6.01. The van der Waals surface area contributed by atoms with Gasteiger partial charge in [-0.15, -0.1) is 0 Å². The number of nitrogens with zero attached hydrogens (tertiary/aromatic N) is 2. The zero-order chi connectivity index (χ0) is 10.7. The lowest BCUT2D eigenvalue weighted by atomic mass is 10.1. The van der Waals surface area contributed by atoms with Gasteiger partial charge in [-0.05, 0) is 37.3 Å². The number of nitrogens with one attached hydrogen (secondary N) is 1. The summed E-state index contributed by atoms with van der Waals surface area (Å²) in [5.41, 5.74) is 1.34. The summed E-state index contributed by atoms with van der Waals surface area (Å²) in [7, 11) is 0. The summed E-state index contributed by atoms with van der Waals surface area (Å²) in [6.07, 6.45) is 8.05. The van der Waals surface area contributed by atoms with Gasteiger partial charge < -0.3 is 5.32 Å². The highest BCUT2D eigenvalue weighted by Gasteiger charge is 2.13. The van der Waals surface area contributed by atoms with E-state index >= 15 is 0 Å². The van der Waals surface area contributed by atoms with E-state index in [4.69, 9.17) is 0 Å². The monoisotopic (exact) mass is 207 g/mol. The van der Waals surface area contributed by atoms with Crippen molar-refractivity contribution >= 4 is 0 Å². The summed E-state index contributed by atoms with van der Waals surface area (Å²) in [6, 6.07) is 0.719. The molecule has 1 aliphatic rings. The molecule has 1 aromatic rings. The van der Waals surface area contributed by atoms with E-state index in [0.717, 1.165) is 12.6 Å². The van der Waals surface area contributed by atoms with Gasteiger partial charge in [0, 0.05) is 18.8 Å². The summed E-state index contributed by atoms with van der Waals surface area (Å²) in [6.45, 7) is 6.66. The Hall–Kier alpha value is -0.830. The first-order chi connectivity index (χ1) is 7.25. The fourth-order valence-electron chi connectivity index (χ4n) is 2.09. The third-order valence-electron chi connectivity index (χ3n) is 3.19. The third kappa shape index (κ3) is 2.81. The molecular formula is C12H21N3. The molecule has 1 aromatic heterocycles. The fourth-order valence-corrected chi connectivity index (χ4v) is 2.09. The van der Waals surface area contributed by atoms with Crippen molar-refractivity contribution in [3.05, 3.63) is 18.0 Å². The Labute approximate surface area is 91.9 Å². The second-order valence-electron chi connectivity index (χ2n) is 4.77. The summed E-state index contributed by atoms with van der Waals surface area (Å²) in [5, 5.41) is 7.90. The topological polar surface area (TPSA) is 29.9 Å². The van der Waals surface area contributed by atoms with Gasteiger partial charge in [0.1, 0.15) is 0 Å². The molecule has 0 bridgehead atoms. The zero-order valence-electron chi connectivity index (χ0n) is 9.74. The molecule has 3 nitrogen and oxygen atoms in total. The summed E-state index contributed by atoms with van der Waals surface area (Å²) in [5.74, 6) is 0.586. The van der Waals surface area contributed by atoms with E-state index in [1.165, 1.54) is 31.4 Å². The van der Waals surface area contributed by atoms with Gasteiger partial charge in [0.25, 0.3) is 0 Å². The predicted molar refractivity (Wildman–Crippen MR) is 62.0 cm³/mol. The molecule has 84 valence electrons. The normalized spacial score (nSPS) is 21.4. The van der Waals surface area contributed by atoms with Gasteiger partial charge in [-0.2, -0.15) is 5.10 Å². The van der Waals surface area contributed by atoms with Crippen LogP contribution in [0, 0.1) is 0 Å². The Kier molecular flexibility index (Phi) is 3.41. The van der Waals surface area contributed by atoms with Gasteiger partial charge >= 0.3 is 0 Å². The number of rotatable bonds is 4. The van der Waals surface area contributed by atoms with E-state index in [0.29, 0.717) is 5.92 Å². The van der Waals surface area contributed by atoms with Crippen LogP contribution in [0.3, 0.4) is 0 Å². The minimum Gasteiger partial charge on any atom is -0.314 e. The van der Waals surface area contributed by atoms with E-state index in [9.17, 15) is 0 Å². The molecule has 1 atom stereocenters. The van der Waals surface area contributed by atoms with Gasteiger partial charge in [0.05, 0.1) is 6.20 Å². The van der Waals surface area contributed by atoms with Crippen LogP contribution in [-0.2, 0) is 6.54 Å². The standard InChI is InChI=1S/C12H21N3/c1-10(2)11-8-14-15(9-11)7-5-12-4-3-6-13-12/h8-10,12-13H,3-7H2,1-2H3. The van der Waals surface area contributed by atoms with Crippen LogP contribution >= 0.6 is 0 Å². The second kappa shape index (κ2) is 4.79. The van der Waals surface area contributed by atoms with E-state index in [1.54, 1.807) is 0 Å². The molecule has 0 amide bonds. The van der Waals surface area contributed by atoms with Gasteiger partial charge in [0.2, 0.25) is 0 Å². The molecule has 2 heterocycles. The van der Waals surface area contributed by atoms with Crippen LogP contribution in [0.4, 0.5) is 0 Å². The van der Waals surface area contributed by atoms with Gasteiger partial charge in [-0.3, -0.25) is 4.68 Å². The molecule has 1 N–H and O–H groups in total. The van der Waals surface area contributed by atoms with Gasteiger partial charge in [-0.25, -0.2) is 0 Å². The lowest BCUT2D eigenvalue weighted by Crippen LogP contribution is -2.22. The van der Waals surface area contributed by atoms with E-state index in [1.807, 2.05) is 6.20 Å². The van der Waals surface area contributed by atoms with Gasteiger partial charge in [-0.1, -0.05) is 13.8 Å². The molecular weight excluding hydrogens is 186 g/mol. The highest BCUT2D eigenvalue weighted by atomic mass is 15.3. The molecule has 0 saturated carbocycles. The maximum absolute atomic E-state index is 4.39. The molecule has 0 aliphatic carbocycles. The Morgan fingerprint density at radius 3 is 3.07 bits per heavy atom. The van der Waals surface area contributed by atoms with Crippen LogP contribution in [-0.4, -0.2) is 22.4 Å². The van der Waals surface area contributed by atoms with Gasteiger partial charge in [0.15, 0.2) is 0 Å². The number of hydrogen-bond donors (Lipinski definition) is 1. The predicted octanol–water partition coefficient (Wildman–Crippen LogP) is 2.15. The van der Waals surface area contributed by atoms with Crippen molar-refractivity contribution in [1.82, 2.24) is 15.1 Å². The molecule has 0 aromatic carbocycles. The third-order valence-corrected chi connectivity index (χ3v) is 3.19. The Morgan fingerprint density at radius 2 is 2.47 bits per heavy atom. The highest BCUT2D eigenvalue weighted by molar-refractivity contribution is 5.08. The van der Waals surface area contributed by atoms with Crippen molar-refractivity contribution in [3.8, 4) is 0 Å². The zero-order valence-corrected chi connectivity index (χ0v) is 9.74. The summed E-state index contributed by atoms with van der Waals surface area (Å²) < 4.78 is 2.08. The first kappa shape index (κ1) is 10.7. The highest BCUT2D eigenvalue weighted by Crippen LogP contribution is 2.14. The quantitative estimate of drug-likeness (QED) is 0.820. The Balaban J connectivity index is 1.82. The molecule has 3 heteroatoms. The Bertz CT molecular complexity index is 298. The minimum atomic E-state index is 0.586. The maximum Gasteiger partial charge on any atom is 0.0524 e. The van der Waals surface area contributed by atoms with Crippen molar-refractivity contribution < 1.29 is 0 Å². The first-order valence-electron chi connectivity index (χ1n) is 6.01. The average molecular weight is 207 g/mol. The maximum atomic E-state index is 4.39. The van der Waals surface area contributed by atoms with Crippen molar-refractivity contribution in [2.75, 3.05) is 6.54 Å². The number of hydrogen-bond acceptors (Lipinski definition) is 2. The SMILES string of the molecule is CC(C)c1cnn(CCC2CCCN2)c1. The fraction of sp³-hybridized carbons (Fsp3) is 0.750. The summed E-state index contributed by atoms with van der Waals surface area (Å²) in [4.78, 5) is 0. The van der Waals surface area contributed by atoms with Crippen LogP contribution in [0.2, 0.25) is 0 Å². The van der Waals surface area contributed by atoms with Crippen molar-refractivity contribution in [1.29, 1.82) is 0 Å². The number of aromatic nitrogens is 2. The van der Waals surface area contributed by atoms with Crippen LogP contribution in [0.5, 0.6) is 0 Å². The molecule has 1 aliphatic heterocycles. The van der Waals surface area contributed by atoms with Crippen molar-refractivity contribution in [2.24, 2.45) is 0 Å². The van der Waals surface area contributed by atoms with Crippen LogP contribution in [0.15, 0.2) is 12.4 Å². The van der Waals surface area contributed by atoms with Crippen LogP contribution in [0.25, 0.3) is 0 Å². The second-order valence-corrected chi connectivity index (χ2v) is 4.77. The summed E-state index contributed by atoms with van der Waals surface area (Å²) >= 11 is 0. The largest absolute Gasteiger partial charge is 0.314 e. The average Bonchev–Trinajstić information content (AvgIpc) is 2.86. The molecule has 1 unspecified atom stereocenters. The lowest BCUT2D eigenvalue weighted by molar-refractivity contribution is 0.480. The van der Waals surface area contributed by atoms with Crippen molar-refractivity contribution in [2.45, 2.75) is 51.6 Å². The number of aryl methyl sites for hydroxylation is 1. The van der Waals surface area contributed by atoms with Crippen LogP contribution in [0.1, 0.15) is 44.6 Å². The Morgan fingerprint density at radius 1 is 1.60 bits per heavy atom. The molecule has 2 rings (SSSR count). The minimum absolute atomic E-state index is 0.586. The molecule has 1 saturated heterocycles. The molecule has 0 spiro atoms. The molecule has 15 heavy (non-hydrogen) atoms. The van der Waals surface area contributed by atoms with E-state index in [2.05, 4.69) is 35.1 Å². The molecule has 1 fully saturated rings. The molecule has 0 radical (unpaired) electrons. The van der Waals surface area contributed by atoms with Crippen LogP contribution < -0.4 is 5.32 Å².